The van der Waals surface area contributed by atoms with Gasteiger partial charge in [-0.2, -0.15) is 0 Å². The smallest absolute Gasteiger partial charge is 0.167 e. The van der Waals surface area contributed by atoms with E-state index in [2.05, 4.69) is 0 Å². The Morgan fingerprint density at radius 2 is 1.94 bits per heavy atom. The zero-order valence-electron chi connectivity index (χ0n) is 10.7. The first-order valence-corrected chi connectivity index (χ1v) is 6.20. The Balaban J connectivity index is 1.83. The van der Waals surface area contributed by atoms with Gasteiger partial charge in [0.1, 0.15) is 0 Å². The largest absolute Gasteiger partial charge is 0.396 e. The minimum Gasteiger partial charge on any atom is -0.396 e. The Labute approximate surface area is 107 Å². The van der Waals surface area contributed by atoms with Crippen molar-refractivity contribution in [1.82, 2.24) is 0 Å². The SMILES string of the molecule is CC(CO)(COCc1ccccc1)C1OCCO1. The average Bonchev–Trinajstić information content (AvgIpc) is 2.94. The van der Waals surface area contributed by atoms with E-state index >= 15 is 0 Å². The van der Waals surface area contributed by atoms with Crippen LogP contribution in [0, 0.1) is 5.41 Å². The molecule has 18 heavy (non-hydrogen) atoms. The molecule has 1 atom stereocenters. The zero-order chi connectivity index (χ0) is 12.8. The van der Waals surface area contributed by atoms with E-state index in [4.69, 9.17) is 14.2 Å². The van der Waals surface area contributed by atoms with Crippen molar-refractivity contribution in [3.8, 4) is 0 Å². The summed E-state index contributed by atoms with van der Waals surface area (Å²) in [4.78, 5) is 0. The lowest BCUT2D eigenvalue weighted by Gasteiger charge is -2.31. The number of rotatable bonds is 6. The summed E-state index contributed by atoms with van der Waals surface area (Å²) >= 11 is 0. The summed E-state index contributed by atoms with van der Waals surface area (Å²) in [5.74, 6) is 0. The number of hydrogen-bond donors (Lipinski definition) is 1. The molecule has 0 aromatic heterocycles. The second-order valence-electron chi connectivity index (χ2n) is 4.86. The van der Waals surface area contributed by atoms with Gasteiger partial charge in [0.15, 0.2) is 6.29 Å². The quantitative estimate of drug-likeness (QED) is 0.835. The van der Waals surface area contributed by atoms with E-state index in [9.17, 15) is 5.11 Å². The zero-order valence-corrected chi connectivity index (χ0v) is 10.7. The molecule has 1 aliphatic heterocycles. The summed E-state index contributed by atoms with van der Waals surface area (Å²) < 4.78 is 16.6. The average molecular weight is 252 g/mol. The molecule has 1 aromatic carbocycles. The first kappa shape index (κ1) is 13.5. The van der Waals surface area contributed by atoms with Gasteiger partial charge in [-0.25, -0.2) is 0 Å². The highest BCUT2D eigenvalue weighted by Gasteiger charge is 2.38. The molecule has 100 valence electrons. The molecule has 0 aliphatic carbocycles. The molecule has 1 unspecified atom stereocenters. The molecule has 1 heterocycles. The fourth-order valence-corrected chi connectivity index (χ4v) is 1.93. The van der Waals surface area contributed by atoms with Gasteiger partial charge in [-0.05, 0) is 5.56 Å². The van der Waals surface area contributed by atoms with Crippen molar-refractivity contribution in [1.29, 1.82) is 0 Å². The fraction of sp³-hybridized carbons (Fsp3) is 0.571. The number of benzene rings is 1. The number of aliphatic hydroxyl groups is 1. The molecule has 0 bridgehead atoms. The first-order valence-electron chi connectivity index (χ1n) is 6.20. The third kappa shape index (κ3) is 3.29. The van der Waals surface area contributed by atoms with Gasteiger partial charge in [-0.1, -0.05) is 37.3 Å². The monoisotopic (exact) mass is 252 g/mol. The Bertz CT molecular complexity index is 348. The Morgan fingerprint density at radius 1 is 1.28 bits per heavy atom. The molecule has 0 saturated carbocycles. The number of aliphatic hydroxyl groups excluding tert-OH is 1. The predicted molar refractivity (Wildman–Crippen MR) is 67.0 cm³/mol. The van der Waals surface area contributed by atoms with Crippen LogP contribution in [0.4, 0.5) is 0 Å². The van der Waals surface area contributed by atoms with Crippen LogP contribution in [0.2, 0.25) is 0 Å². The lowest BCUT2D eigenvalue weighted by Crippen LogP contribution is -2.40. The Kier molecular flexibility index (Phi) is 4.72. The molecule has 0 spiro atoms. The molecule has 1 saturated heterocycles. The molecule has 4 nitrogen and oxygen atoms in total. The summed E-state index contributed by atoms with van der Waals surface area (Å²) in [7, 11) is 0. The van der Waals surface area contributed by atoms with Gasteiger partial charge in [0, 0.05) is 0 Å². The molecule has 0 radical (unpaired) electrons. The molecular formula is C14H20O4. The van der Waals surface area contributed by atoms with Crippen LogP contribution in [0.3, 0.4) is 0 Å². The van der Waals surface area contributed by atoms with Crippen molar-refractivity contribution >= 4 is 0 Å². The van der Waals surface area contributed by atoms with Crippen LogP contribution in [0.5, 0.6) is 0 Å². The molecule has 2 rings (SSSR count). The van der Waals surface area contributed by atoms with Gasteiger partial charge in [0.2, 0.25) is 0 Å². The third-order valence-corrected chi connectivity index (χ3v) is 3.10. The molecular weight excluding hydrogens is 232 g/mol. The van der Waals surface area contributed by atoms with Crippen LogP contribution in [-0.2, 0) is 20.8 Å². The molecule has 1 aromatic rings. The number of hydrogen-bond acceptors (Lipinski definition) is 4. The number of ether oxygens (including phenoxy) is 3. The van der Waals surface area contributed by atoms with E-state index in [1.807, 2.05) is 37.3 Å². The highest BCUT2D eigenvalue weighted by Crippen LogP contribution is 2.28. The highest BCUT2D eigenvalue weighted by atomic mass is 16.7. The third-order valence-electron chi connectivity index (χ3n) is 3.10. The molecule has 1 N–H and O–H groups in total. The van der Waals surface area contributed by atoms with Crippen LogP contribution in [0.1, 0.15) is 12.5 Å². The summed E-state index contributed by atoms with van der Waals surface area (Å²) in [6.07, 6.45) is -0.377. The maximum absolute atomic E-state index is 9.50. The van der Waals surface area contributed by atoms with Gasteiger partial charge in [-0.3, -0.25) is 0 Å². The maximum atomic E-state index is 9.50. The molecule has 1 aliphatic rings. The lowest BCUT2D eigenvalue weighted by atomic mass is 9.92. The van der Waals surface area contributed by atoms with Crippen molar-refractivity contribution in [3.63, 3.8) is 0 Å². The van der Waals surface area contributed by atoms with E-state index in [1.165, 1.54) is 0 Å². The molecule has 0 amide bonds. The van der Waals surface area contributed by atoms with Crippen LogP contribution in [0.25, 0.3) is 0 Å². The highest BCUT2D eigenvalue weighted by molar-refractivity contribution is 5.13. The van der Waals surface area contributed by atoms with E-state index < -0.39 is 5.41 Å². The first-order chi connectivity index (χ1) is 8.74. The standard InChI is InChI=1S/C14H20O4/c1-14(10-15,13-17-7-8-18-13)11-16-9-12-5-3-2-4-6-12/h2-6,13,15H,7-11H2,1H3. The normalized spacial score (nSPS) is 19.9. The van der Waals surface area contributed by atoms with Gasteiger partial charge in [-0.15, -0.1) is 0 Å². The van der Waals surface area contributed by atoms with Crippen molar-refractivity contribution < 1.29 is 19.3 Å². The van der Waals surface area contributed by atoms with Gasteiger partial charge < -0.3 is 19.3 Å². The topological polar surface area (TPSA) is 47.9 Å². The van der Waals surface area contributed by atoms with E-state index in [-0.39, 0.29) is 12.9 Å². The van der Waals surface area contributed by atoms with Gasteiger partial charge >= 0.3 is 0 Å². The Hall–Kier alpha value is -0.940. The van der Waals surface area contributed by atoms with Gasteiger partial charge in [0.25, 0.3) is 0 Å². The predicted octanol–water partition coefficient (Wildman–Crippen LogP) is 1.57. The summed E-state index contributed by atoms with van der Waals surface area (Å²) in [6.45, 7) is 3.99. The van der Waals surface area contributed by atoms with E-state index in [0.29, 0.717) is 26.4 Å². The molecule has 1 fully saturated rings. The Morgan fingerprint density at radius 3 is 2.56 bits per heavy atom. The van der Waals surface area contributed by atoms with Crippen molar-refractivity contribution in [2.45, 2.75) is 19.8 Å². The molecule has 4 heteroatoms. The van der Waals surface area contributed by atoms with E-state index in [1.54, 1.807) is 0 Å². The minimum absolute atomic E-state index is 0.0214. The second-order valence-corrected chi connectivity index (χ2v) is 4.86. The van der Waals surface area contributed by atoms with Crippen LogP contribution in [0.15, 0.2) is 30.3 Å². The summed E-state index contributed by atoms with van der Waals surface area (Å²) in [5.41, 5.74) is 0.608. The summed E-state index contributed by atoms with van der Waals surface area (Å²) in [6, 6.07) is 9.96. The van der Waals surface area contributed by atoms with Crippen molar-refractivity contribution in [2.75, 3.05) is 26.4 Å². The van der Waals surface area contributed by atoms with E-state index in [0.717, 1.165) is 5.56 Å². The maximum Gasteiger partial charge on any atom is 0.167 e. The lowest BCUT2D eigenvalue weighted by molar-refractivity contribution is -0.166. The minimum atomic E-state index is -0.509. The van der Waals surface area contributed by atoms with Crippen LogP contribution in [-0.4, -0.2) is 37.8 Å². The fourth-order valence-electron chi connectivity index (χ4n) is 1.93. The van der Waals surface area contributed by atoms with Gasteiger partial charge in [0.05, 0.1) is 38.4 Å². The van der Waals surface area contributed by atoms with Crippen LogP contribution < -0.4 is 0 Å². The second kappa shape index (κ2) is 6.29. The van der Waals surface area contributed by atoms with Crippen molar-refractivity contribution in [2.24, 2.45) is 5.41 Å². The van der Waals surface area contributed by atoms with Crippen molar-refractivity contribution in [3.05, 3.63) is 35.9 Å². The van der Waals surface area contributed by atoms with Crippen LogP contribution >= 0.6 is 0 Å². The summed E-state index contributed by atoms with van der Waals surface area (Å²) in [5, 5.41) is 9.50.